The van der Waals surface area contributed by atoms with Gasteiger partial charge in [-0.3, -0.25) is 4.99 Å². The molecule has 26 heavy (non-hydrogen) atoms. The van der Waals surface area contributed by atoms with Crippen molar-refractivity contribution in [2.45, 2.75) is 33.2 Å². The van der Waals surface area contributed by atoms with E-state index in [-0.39, 0.29) is 35.8 Å². The van der Waals surface area contributed by atoms with Crippen molar-refractivity contribution >= 4 is 35.8 Å². The van der Waals surface area contributed by atoms with Crippen LogP contribution in [0.5, 0.6) is 0 Å². The van der Waals surface area contributed by atoms with E-state index in [9.17, 15) is 4.39 Å². The number of nitrogens with one attached hydrogen (secondary N) is 2. The molecule has 0 aliphatic carbocycles. The molecule has 1 fully saturated rings. The largest absolute Gasteiger partial charge is 0.357 e. The maximum Gasteiger partial charge on any atom is 0.191 e. The Morgan fingerprint density at radius 2 is 2.15 bits per heavy atom. The fourth-order valence-corrected chi connectivity index (χ4v) is 3.04. The van der Waals surface area contributed by atoms with Gasteiger partial charge in [0, 0.05) is 38.4 Å². The van der Waals surface area contributed by atoms with Gasteiger partial charge in [0.2, 0.25) is 0 Å². The molecular weight excluding hydrogens is 446 g/mol. The first-order chi connectivity index (χ1) is 12.2. The van der Waals surface area contributed by atoms with E-state index in [2.05, 4.69) is 46.3 Å². The lowest BCUT2D eigenvalue weighted by molar-refractivity contribution is 0.313. The van der Waals surface area contributed by atoms with Crippen molar-refractivity contribution in [1.29, 1.82) is 0 Å². The first-order valence-corrected chi connectivity index (χ1v) is 9.30. The molecule has 1 unspecified atom stereocenters. The average Bonchev–Trinajstić information content (AvgIpc) is 3.07. The quantitative estimate of drug-likeness (QED) is 0.341. The van der Waals surface area contributed by atoms with Crippen LogP contribution in [-0.4, -0.2) is 67.7 Å². The second-order valence-electron chi connectivity index (χ2n) is 6.17. The van der Waals surface area contributed by atoms with Crippen molar-refractivity contribution in [2.24, 2.45) is 4.99 Å². The lowest BCUT2D eigenvalue weighted by atomic mass is 10.3. The number of nitrogens with zero attached hydrogens (tertiary/aromatic N) is 4. The highest BCUT2D eigenvalue weighted by molar-refractivity contribution is 14.0. The molecule has 0 aromatic carbocycles. The number of halogens is 2. The molecule has 148 valence electrons. The Bertz CT molecular complexity index is 552. The third-order valence-electron chi connectivity index (χ3n) is 4.49. The number of anilines is 1. The molecule has 1 saturated heterocycles. The summed E-state index contributed by atoms with van der Waals surface area (Å²) in [6.07, 6.45) is 2.58. The number of hydrogen-bond acceptors (Lipinski definition) is 4. The van der Waals surface area contributed by atoms with Crippen molar-refractivity contribution in [3.05, 3.63) is 24.1 Å². The van der Waals surface area contributed by atoms with Crippen molar-refractivity contribution in [3.8, 4) is 0 Å². The van der Waals surface area contributed by atoms with Gasteiger partial charge < -0.3 is 20.4 Å². The molecule has 1 aliphatic heterocycles. The zero-order valence-electron chi connectivity index (χ0n) is 16.0. The third kappa shape index (κ3) is 6.86. The molecule has 0 spiro atoms. The Kier molecular flexibility index (Phi) is 10.8. The lowest BCUT2D eigenvalue weighted by Gasteiger charge is -2.20. The summed E-state index contributed by atoms with van der Waals surface area (Å²) in [5, 5.41) is 6.77. The third-order valence-corrected chi connectivity index (χ3v) is 4.49. The molecule has 6 nitrogen and oxygen atoms in total. The van der Waals surface area contributed by atoms with Crippen LogP contribution in [0.25, 0.3) is 0 Å². The fraction of sp³-hybridized carbons (Fsp3) is 0.667. The molecule has 2 N–H and O–H groups in total. The van der Waals surface area contributed by atoms with Gasteiger partial charge in [-0.05, 0) is 38.6 Å². The minimum atomic E-state index is -0.261. The van der Waals surface area contributed by atoms with Gasteiger partial charge >= 0.3 is 0 Å². The van der Waals surface area contributed by atoms with Crippen LogP contribution in [0.15, 0.2) is 23.3 Å². The molecule has 0 radical (unpaired) electrons. The zero-order chi connectivity index (χ0) is 18.1. The van der Waals surface area contributed by atoms with Crippen molar-refractivity contribution in [3.63, 3.8) is 0 Å². The van der Waals surface area contributed by atoms with E-state index >= 15 is 0 Å². The smallest absolute Gasteiger partial charge is 0.191 e. The highest BCUT2D eigenvalue weighted by Crippen LogP contribution is 2.20. The number of hydrogen-bond donors (Lipinski definition) is 2. The molecule has 2 rings (SSSR count). The van der Waals surface area contributed by atoms with Gasteiger partial charge in [-0.1, -0.05) is 13.8 Å². The fourth-order valence-electron chi connectivity index (χ4n) is 3.04. The summed E-state index contributed by atoms with van der Waals surface area (Å²) in [6.45, 7) is 12.6. The van der Waals surface area contributed by atoms with Crippen LogP contribution in [0.2, 0.25) is 0 Å². The predicted molar refractivity (Wildman–Crippen MR) is 117 cm³/mol. The van der Waals surface area contributed by atoms with E-state index in [1.165, 1.54) is 6.07 Å². The Hall–Kier alpha value is -1.16. The van der Waals surface area contributed by atoms with Gasteiger partial charge in [0.1, 0.15) is 0 Å². The highest BCUT2D eigenvalue weighted by Gasteiger charge is 2.25. The van der Waals surface area contributed by atoms with Crippen molar-refractivity contribution < 1.29 is 4.39 Å². The Labute approximate surface area is 173 Å². The van der Waals surface area contributed by atoms with Crippen molar-refractivity contribution in [2.75, 3.05) is 50.7 Å². The number of pyridine rings is 1. The highest BCUT2D eigenvalue weighted by atomic mass is 127. The zero-order valence-corrected chi connectivity index (χ0v) is 18.4. The summed E-state index contributed by atoms with van der Waals surface area (Å²) in [4.78, 5) is 13.2. The van der Waals surface area contributed by atoms with E-state index in [0.717, 1.165) is 58.2 Å². The minimum Gasteiger partial charge on any atom is -0.357 e. The maximum atomic E-state index is 13.9. The van der Waals surface area contributed by atoms with Crippen LogP contribution in [0.4, 0.5) is 10.2 Å². The second kappa shape index (κ2) is 12.3. The summed E-state index contributed by atoms with van der Waals surface area (Å²) in [7, 11) is 0. The second-order valence-corrected chi connectivity index (χ2v) is 6.17. The number of likely N-dealkylation sites (N-methyl/N-ethyl adjacent to an activating group) is 1. The summed E-state index contributed by atoms with van der Waals surface area (Å²) in [5.74, 6) is 1.02. The molecular formula is C18H32FIN6. The van der Waals surface area contributed by atoms with Crippen LogP contribution in [0.3, 0.4) is 0 Å². The molecule has 1 aliphatic rings. The average molecular weight is 478 g/mol. The molecule has 0 amide bonds. The number of aliphatic imine (C=N–C) groups is 1. The SMILES string of the molecule is CCNC(=NCCN(CC)CC)NC1CCN(c2ncccc2F)C1.I. The Morgan fingerprint density at radius 1 is 1.38 bits per heavy atom. The number of rotatable bonds is 8. The normalized spacial score (nSPS) is 17.3. The maximum absolute atomic E-state index is 13.9. The molecule has 2 heterocycles. The molecule has 1 aromatic heterocycles. The summed E-state index contributed by atoms with van der Waals surface area (Å²) in [6, 6.07) is 3.32. The number of guanidine groups is 1. The molecule has 1 atom stereocenters. The molecule has 0 bridgehead atoms. The first-order valence-electron chi connectivity index (χ1n) is 9.30. The van der Waals surface area contributed by atoms with E-state index in [4.69, 9.17) is 0 Å². The minimum absolute atomic E-state index is 0. The van der Waals surface area contributed by atoms with E-state index in [1.54, 1.807) is 12.3 Å². The molecule has 0 saturated carbocycles. The molecule has 1 aromatic rings. The van der Waals surface area contributed by atoms with Gasteiger partial charge in [-0.2, -0.15) is 0 Å². The first kappa shape index (κ1) is 22.9. The van der Waals surface area contributed by atoms with E-state index < -0.39 is 0 Å². The van der Waals surface area contributed by atoms with Gasteiger partial charge in [-0.25, -0.2) is 9.37 Å². The van der Waals surface area contributed by atoms with Gasteiger partial charge in [0.15, 0.2) is 17.6 Å². The van der Waals surface area contributed by atoms with Gasteiger partial charge in [0.05, 0.1) is 6.54 Å². The van der Waals surface area contributed by atoms with E-state index in [0.29, 0.717) is 5.82 Å². The van der Waals surface area contributed by atoms with Gasteiger partial charge in [-0.15, -0.1) is 24.0 Å². The lowest BCUT2D eigenvalue weighted by Crippen LogP contribution is -2.45. The summed E-state index contributed by atoms with van der Waals surface area (Å²) >= 11 is 0. The van der Waals surface area contributed by atoms with Crippen LogP contribution >= 0.6 is 24.0 Å². The number of aromatic nitrogens is 1. The van der Waals surface area contributed by atoms with E-state index in [1.807, 2.05) is 4.90 Å². The van der Waals surface area contributed by atoms with Crippen molar-refractivity contribution in [1.82, 2.24) is 20.5 Å². The summed E-state index contributed by atoms with van der Waals surface area (Å²) in [5.41, 5.74) is 0. The monoisotopic (exact) mass is 478 g/mol. The summed E-state index contributed by atoms with van der Waals surface area (Å²) < 4.78 is 13.9. The standard InChI is InChI=1S/C18H31FN6.HI/c1-4-20-18(22-11-13-24(5-2)6-3)23-15-9-12-25(14-15)17-16(19)8-7-10-21-17;/h7-8,10,15H,4-6,9,11-14H2,1-3H3,(H2,20,22,23);1H. The van der Waals surface area contributed by atoms with Crippen LogP contribution in [0, 0.1) is 5.82 Å². The molecule has 8 heteroatoms. The van der Waals surface area contributed by atoms with Crippen LogP contribution < -0.4 is 15.5 Å². The van der Waals surface area contributed by atoms with Crippen LogP contribution in [0.1, 0.15) is 27.2 Å². The van der Waals surface area contributed by atoms with Gasteiger partial charge in [0.25, 0.3) is 0 Å². The Balaban J connectivity index is 0.00000338. The predicted octanol–water partition coefficient (Wildman–Crippen LogP) is 2.31. The topological polar surface area (TPSA) is 55.8 Å². The van der Waals surface area contributed by atoms with Crippen LogP contribution in [-0.2, 0) is 0 Å². The Morgan fingerprint density at radius 3 is 2.81 bits per heavy atom.